The van der Waals surface area contributed by atoms with Crippen molar-refractivity contribution in [3.05, 3.63) is 11.5 Å². The fraction of sp³-hybridized carbons (Fsp3) is 0.778. The molecule has 2 fully saturated rings. The third-order valence-electron chi connectivity index (χ3n) is 5.14. The molecule has 0 aromatic heterocycles. The summed E-state index contributed by atoms with van der Waals surface area (Å²) >= 11 is 0. The van der Waals surface area contributed by atoms with Crippen LogP contribution in [0.15, 0.2) is 11.5 Å². The van der Waals surface area contributed by atoms with E-state index in [0.717, 1.165) is 32.3 Å². The molecule has 0 atom stereocenters. The van der Waals surface area contributed by atoms with Crippen LogP contribution < -0.4 is 16.4 Å². The fourth-order valence-corrected chi connectivity index (χ4v) is 3.59. The maximum atomic E-state index is 11.6. The number of ether oxygens (including phenoxy) is 1. The van der Waals surface area contributed by atoms with Gasteiger partial charge in [0, 0.05) is 12.8 Å². The summed E-state index contributed by atoms with van der Waals surface area (Å²) in [4.78, 5) is 11.6. The van der Waals surface area contributed by atoms with Gasteiger partial charge in [0.25, 0.3) is 5.91 Å². The summed E-state index contributed by atoms with van der Waals surface area (Å²) in [6.07, 6.45) is 10.6. The minimum atomic E-state index is -0.613. The number of amides is 1. The Bertz CT molecular complexity index is 438. The van der Waals surface area contributed by atoms with Gasteiger partial charge in [-0.3, -0.25) is 4.79 Å². The molecule has 0 aromatic rings. The van der Waals surface area contributed by atoms with Gasteiger partial charge in [0.2, 0.25) is 5.88 Å². The van der Waals surface area contributed by atoms with Gasteiger partial charge in [0.15, 0.2) is 0 Å². The lowest BCUT2D eigenvalue weighted by molar-refractivity contribution is -0.114. The van der Waals surface area contributed by atoms with E-state index in [2.05, 4.69) is 10.6 Å². The SMILES string of the molecule is N=C/C(C(N)=O)=C(\NCCC1CCNCC1)OCC1CCCCC1. The standard InChI is InChI=1S/C18H32N4O2/c19-12-16(17(20)23)18(24-13-15-4-2-1-3-5-15)22-11-8-14-6-9-21-10-7-14/h12,14-15,19,21-22H,1-11,13H2,(H2,20,23)/b18-16-,19-12?. The second-order valence-electron chi connectivity index (χ2n) is 6.98. The highest BCUT2D eigenvalue weighted by molar-refractivity contribution is 6.10. The maximum Gasteiger partial charge on any atom is 0.255 e. The van der Waals surface area contributed by atoms with Crippen molar-refractivity contribution < 1.29 is 9.53 Å². The molecule has 6 heteroatoms. The van der Waals surface area contributed by atoms with Crippen molar-refractivity contribution in [2.75, 3.05) is 26.2 Å². The molecule has 0 unspecified atom stereocenters. The molecule has 5 N–H and O–H groups in total. The van der Waals surface area contributed by atoms with E-state index in [1.54, 1.807) is 0 Å². The Balaban J connectivity index is 1.86. The van der Waals surface area contributed by atoms with Crippen molar-refractivity contribution in [1.29, 1.82) is 5.41 Å². The second-order valence-corrected chi connectivity index (χ2v) is 6.98. The molecule has 0 spiro atoms. The van der Waals surface area contributed by atoms with Crippen LogP contribution >= 0.6 is 0 Å². The van der Waals surface area contributed by atoms with Gasteiger partial charge in [0.1, 0.15) is 5.57 Å². The number of rotatable bonds is 9. The van der Waals surface area contributed by atoms with Crippen LogP contribution in [0.2, 0.25) is 0 Å². The summed E-state index contributed by atoms with van der Waals surface area (Å²) in [6.45, 7) is 3.51. The summed E-state index contributed by atoms with van der Waals surface area (Å²) in [5.74, 6) is 1.02. The first-order chi connectivity index (χ1) is 11.7. The number of hydrogen-bond acceptors (Lipinski definition) is 5. The van der Waals surface area contributed by atoms with Crippen molar-refractivity contribution in [1.82, 2.24) is 10.6 Å². The summed E-state index contributed by atoms with van der Waals surface area (Å²) < 4.78 is 5.89. The Morgan fingerprint density at radius 3 is 2.50 bits per heavy atom. The zero-order chi connectivity index (χ0) is 17.2. The van der Waals surface area contributed by atoms with E-state index in [4.69, 9.17) is 15.9 Å². The Hall–Kier alpha value is -1.56. The quantitative estimate of drug-likeness (QED) is 0.293. The highest BCUT2D eigenvalue weighted by Gasteiger charge is 2.18. The first-order valence-electron chi connectivity index (χ1n) is 9.32. The predicted molar refractivity (Wildman–Crippen MR) is 95.7 cm³/mol. The molecule has 24 heavy (non-hydrogen) atoms. The lowest BCUT2D eigenvalue weighted by Crippen LogP contribution is -2.31. The van der Waals surface area contributed by atoms with Crippen LogP contribution in [-0.4, -0.2) is 38.4 Å². The molecular weight excluding hydrogens is 304 g/mol. The zero-order valence-corrected chi connectivity index (χ0v) is 14.6. The molecule has 1 aliphatic carbocycles. The molecule has 136 valence electrons. The van der Waals surface area contributed by atoms with Crippen molar-refractivity contribution in [3.63, 3.8) is 0 Å². The van der Waals surface area contributed by atoms with Gasteiger partial charge >= 0.3 is 0 Å². The lowest BCUT2D eigenvalue weighted by atomic mass is 9.90. The average Bonchev–Trinajstić information content (AvgIpc) is 2.61. The van der Waals surface area contributed by atoms with Gasteiger partial charge in [-0.15, -0.1) is 0 Å². The van der Waals surface area contributed by atoms with Gasteiger partial charge in [-0.05, 0) is 57.0 Å². The third kappa shape index (κ3) is 6.15. The summed E-state index contributed by atoms with van der Waals surface area (Å²) in [6, 6.07) is 0. The van der Waals surface area contributed by atoms with E-state index >= 15 is 0 Å². The van der Waals surface area contributed by atoms with Crippen LogP contribution in [0.25, 0.3) is 0 Å². The molecule has 2 aliphatic rings. The Morgan fingerprint density at radius 2 is 1.88 bits per heavy atom. The maximum absolute atomic E-state index is 11.6. The van der Waals surface area contributed by atoms with Gasteiger partial charge in [-0.2, -0.15) is 0 Å². The molecule has 0 bridgehead atoms. The van der Waals surface area contributed by atoms with Crippen LogP contribution in [0.4, 0.5) is 0 Å². The molecule has 1 amide bonds. The van der Waals surface area contributed by atoms with Crippen molar-refractivity contribution >= 4 is 12.1 Å². The molecule has 0 radical (unpaired) electrons. The molecular formula is C18H32N4O2. The van der Waals surface area contributed by atoms with E-state index < -0.39 is 5.91 Å². The minimum Gasteiger partial charge on any atom is -0.478 e. The van der Waals surface area contributed by atoms with Crippen LogP contribution in [0.3, 0.4) is 0 Å². The van der Waals surface area contributed by atoms with Crippen molar-refractivity contribution in [2.24, 2.45) is 17.6 Å². The Labute approximate surface area is 145 Å². The second kappa shape index (κ2) is 10.3. The van der Waals surface area contributed by atoms with Crippen LogP contribution in [0.5, 0.6) is 0 Å². The Morgan fingerprint density at radius 1 is 1.17 bits per heavy atom. The van der Waals surface area contributed by atoms with Gasteiger partial charge < -0.3 is 26.5 Å². The Kier molecular flexibility index (Phi) is 8.08. The van der Waals surface area contributed by atoms with E-state index in [0.29, 0.717) is 24.3 Å². The van der Waals surface area contributed by atoms with Crippen LogP contribution in [-0.2, 0) is 9.53 Å². The van der Waals surface area contributed by atoms with Crippen LogP contribution in [0.1, 0.15) is 51.4 Å². The van der Waals surface area contributed by atoms with E-state index in [1.807, 2.05) is 0 Å². The number of piperidine rings is 1. The largest absolute Gasteiger partial charge is 0.478 e. The first kappa shape index (κ1) is 18.8. The number of carbonyl (C=O) groups excluding carboxylic acids is 1. The number of hydrogen-bond donors (Lipinski definition) is 4. The van der Waals surface area contributed by atoms with Gasteiger partial charge in [-0.1, -0.05) is 19.3 Å². The van der Waals surface area contributed by atoms with E-state index in [9.17, 15) is 4.79 Å². The average molecular weight is 336 g/mol. The minimum absolute atomic E-state index is 0.135. The topological polar surface area (TPSA) is 100 Å². The predicted octanol–water partition coefficient (Wildman–Crippen LogP) is 1.91. The molecule has 1 heterocycles. The zero-order valence-electron chi connectivity index (χ0n) is 14.6. The highest BCUT2D eigenvalue weighted by Crippen LogP contribution is 2.24. The fourth-order valence-electron chi connectivity index (χ4n) is 3.59. The van der Waals surface area contributed by atoms with Crippen LogP contribution in [0, 0.1) is 17.2 Å². The smallest absolute Gasteiger partial charge is 0.255 e. The van der Waals surface area contributed by atoms with E-state index in [-0.39, 0.29) is 5.57 Å². The summed E-state index contributed by atoms with van der Waals surface area (Å²) in [5, 5.41) is 14.1. The molecule has 1 aliphatic heterocycles. The summed E-state index contributed by atoms with van der Waals surface area (Å²) in [5.41, 5.74) is 5.53. The lowest BCUT2D eigenvalue weighted by Gasteiger charge is -2.25. The number of nitrogens with two attached hydrogens (primary N) is 1. The number of carbonyl (C=O) groups is 1. The third-order valence-corrected chi connectivity index (χ3v) is 5.14. The molecule has 1 saturated heterocycles. The molecule has 6 nitrogen and oxygen atoms in total. The van der Waals surface area contributed by atoms with E-state index in [1.165, 1.54) is 44.9 Å². The monoisotopic (exact) mass is 336 g/mol. The number of primary amides is 1. The molecule has 0 aromatic carbocycles. The van der Waals surface area contributed by atoms with Crippen molar-refractivity contribution in [2.45, 2.75) is 51.4 Å². The molecule has 2 rings (SSSR count). The highest BCUT2D eigenvalue weighted by atomic mass is 16.5. The normalized spacial score (nSPS) is 21.0. The first-order valence-corrected chi connectivity index (χ1v) is 9.32. The van der Waals surface area contributed by atoms with Gasteiger partial charge in [0.05, 0.1) is 6.61 Å². The molecule has 1 saturated carbocycles. The summed E-state index contributed by atoms with van der Waals surface area (Å²) in [7, 11) is 0. The van der Waals surface area contributed by atoms with Gasteiger partial charge in [-0.25, -0.2) is 0 Å². The number of nitrogens with one attached hydrogen (secondary N) is 3. The van der Waals surface area contributed by atoms with Crippen molar-refractivity contribution in [3.8, 4) is 0 Å².